The Balaban J connectivity index is 1.16. The van der Waals surface area contributed by atoms with E-state index in [-0.39, 0.29) is 52.7 Å². The number of methoxy groups -OCH3 is 1. The maximum absolute atomic E-state index is 13.6. The maximum atomic E-state index is 13.6. The molecule has 5 aliphatic rings. The van der Waals surface area contributed by atoms with Gasteiger partial charge in [-0.05, 0) is 57.9 Å². The number of nitrogens with one attached hydrogen (secondary N) is 5. The number of amides is 2. The van der Waals surface area contributed by atoms with Gasteiger partial charge in [0, 0.05) is 62.6 Å². The van der Waals surface area contributed by atoms with Crippen LogP contribution >= 0.6 is 23.4 Å². The zero-order valence-corrected chi connectivity index (χ0v) is 23.2. The summed E-state index contributed by atoms with van der Waals surface area (Å²) in [6.45, 7) is 8.15. The Labute approximate surface area is 224 Å². The molecular formula is C25H43ClN6O3S. The Bertz CT molecular complexity index is 796. The van der Waals surface area contributed by atoms with E-state index in [4.69, 9.17) is 16.3 Å². The van der Waals surface area contributed by atoms with Crippen molar-refractivity contribution in [2.45, 2.75) is 80.0 Å². The quantitative estimate of drug-likeness (QED) is 0.252. The molecule has 5 saturated heterocycles. The predicted molar refractivity (Wildman–Crippen MR) is 143 cm³/mol. The van der Waals surface area contributed by atoms with E-state index in [9.17, 15) is 9.59 Å². The lowest BCUT2D eigenvalue weighted by molar-refractivity contribution is -0.135. The summed E-state index contributed by atoms with van der Waals surface area (Å²) in [4.78, 5) is 28.7. The molecule has 0 saturated carbocycles. The average molecular weight is 543 g/mol. The SMILES string of the molecule is COC1CNC(Cl)CC1C1CC(C)NCC1C(=O)NC1NC2CN(C(=O)C3CCNC(C)C3)CC2S1. The van der Waals surface area contributed by atoms with Gasteiger partial charge in [-0.15, -0.1) is 23.4 Å². The largest absolute Gasteiger partial charge is 0.380 e. The molecule has 5 N–H and O–H groups in total. The van der Waals surface area contributed by atoms with E-state index in [0.29, 0.717) is 29.8 Å². The Kier molecular flexibility index (Phi) is 8.72. The van der Waals surface area contributed by atoms with Gasteiger partial charge in [0.25, 0.3) is 0 Å². The van der Waals surface area contributed by atoms with Crippen LogP contribution in [0.1, 0.15) is 39.5 Å². The molecule has 5 aliphatic heterocycles. The van der Waals surface area contributed by atoms with Crippen molar-refractivity contribution in [1.29, 1.82) is 0 Å². The number of carbonyl (C=O) groups excluding carboxylic acids is 2. The molecule has 11 heteroatoms. The van der Waals surface area contributed by atoms with E-state index in [1.165, 1.54) is 0 Å². The number of hydrogen-bond donors (Lipinski definition) is 5. The average Bonchev–Trinajstić information content (AvgIpc) is 3.42. The van der Waals surface area contributed by atoms with Crippen LogP contribution in [0.3, 0.4) is 0 Å². The molecule has 0 bridgehead atoms. The molecule has 2 amide bonds. The minimum absolute atomic E-state index is 0.0652. The molecule has 36 heavy (non-hydrogen) atoms. The number of rotatable bonds is 5. The molecule has 0 aliphatic carbocycles. The molecule has 0 spiro atoms. The number of halogens is 1. The van der Waals surface area contributed by atoms with Crippen molar-refractivity contribution < 1.29 is 14.3 Å². The van der Waals surface area contributed by atoms with Gasteiger partial charge in [0.15, 0.2) is 0 Å². The number of thioether (sulfide) groups is 1. The smallest absolute Gasteiger partial charge is 0.226 e. The van der Waals surface area contributed by atoms with Gasteiger partial charge in [-0.2, -0.15) is 0 Å². The van der Waals surface area contributed by atoms with Gasteiger partial charge >= 0.3 is 0 Å². The number of piperidine rings is 3. The number of carbonyl (C=O) groups is 2. The number of hydrogen-bond acceptors (Lipinski definition) is 8. The Morgan fingerprint density at radius 1 is 1.03 bits per heavy atom. The summed E-state index contributed by atoms with van der Waals surface area (Å²) in [6.07, 6.45) is 3.66. The van der Waals surface area contributed by atoms with Gasteiger partial charge in [-0.3, -0.25) is 20.2 Å². The standard InChI is InChI=1S/C25H43ClN6O3S/c1-13-6-15(4-5-27-13)24(34)32-11-19-21(12-32)36-25(30-19)31-23(33)18-9-28-14(2)7-16(18)17-8-22(26)29-10-20(17)35-3/h13-22,25,27-30H,4-12H2,1-3H3,(H,31,33). The number of likely N-dealkylation sites (tertiary alicyclic amines) is 1. The van der Waals surface area contributed by atoms with E-state index in [1.807, 2.05) is 4.90 Å². The fourth-order valence-electron chi connectivity index (χ4n) is 7.06. The Morgan fingerprint density at radius 3 is 2.58 bits per heavy atom. The van der Waals surface area contributed by atoms with Gasteiger partial charge in [0.05, 0.1) is 17.5 Å². The summed E-state index contributed by atoms with van der Waals surface area (Å²) in [5.41, 5.74) is -0.198. The molecule has 11 unspecified atom stereocenters. The molecule has 5 rings (SSSR count). The highest BCUT2D eigenvalue weighted by molar-refractivity contribution is 8.00. The first-order valence-corrected chi connectivity index (χ1v) is 15.1. The monoisotopic (exact) mass is 542 g/mol. The molecule has 204 valence electrons. The number of fused-ring (bicyclic) bond motifs is 1. The van der Waals surface area contributed by atoms with Crippen LogP contribution in [0.4, 0.5) is 0 Å². The Morgan fingerprint density at radius 2 is 1.83 bits per heavy atom. The summed E-state index contributed by atoms with van der Waals surface area (Å²) < 4.78 is 5.81. The van der Waals surface area contributed by atoms with Crippen molar-refractivity contribution in [2.75, 3.05) is 39.8 Å². The zero-order valence-electron chi connectivity index (χ0n) is 21.7. The van der Waals surface area contributed by atoms with E-state index in [1.54, 1.807) is 18.9 Å². The fourth-order valence-corrected chi connectivity index (χ4v) is 8.76. The van der Waals surface area contributed by atoms with E-state index in [0.717, 1.165) is 51.9 Å². The second-order valence-electron chi connectivity index (χ2n) is 11.5. The van der Waals surface area contributed by atoms with Crippen LogP contribution < -0.4 is 26.6 Å². The number of alkyl halides is 1. The predicted octanol–water partition coefficient (Wildman–Crippen LogP) is 0.494. The molecule has 5 heterocycles. The van der Waals surface area contributed by atoms with Crippen molar-refractivity contribution in [2.24, 2.45) is 23.7 Å². The van der Waals surface area contributed by atoms with Crippen LogP contribution in [0, 0.1) is 23.7 Å². The van der Waals surface area contributed by atoms with Gasteiger partial charge in [-0.25, -0.2) is 0 Å². The van der Waals surface area contributed by atoms with Crippen molar-refractivity contribution in [3.05, 3.63) is 0 Å². The summed E-state index contributed by atoms with van der Waals surface area (Å²) in [6, 6.07) is 0.996. The summed E-state index contributed by atoms with van der Waals surface area (Å²) in [5, 5.41) is 17.5. The molecule has 0 radical (unpaired) electrons. The summed E-state index contributed by atoms with van der Waals surface area (Å²) in [7, 11) is 1.76. The van der Waals surface area contributed by atoms with Crippen molar-refractivity contribution in [3.8, 4) is 0 Å². The molecular weight excluding hydrogens is 500 g/mol. The van der Waals surface area contributed by atoms with E-state index in [2.05, 4.69) is 40.4 Å². The minimum atomic E-state index is -0.117. The maximum Gasteiger partial charge on any atom is 0.226 e. The van der Waals surface area contributed by atoms with E-state index >= 15 is 0 Å². The van der Waals surface area contributed by atoms with Gasteiger partial charge in [-0.1, -0.05) is 0 Å². The zero-order chi connectivity index (χ0) is 25.4. The van der Waals surface area contributed by atoms with Crippen molar-refractivity contribution in [1.82, 2.24) is 31.5 Å². The molecule has 9 nitrogen and oxygen atoms in total. The van der Waals surface area contributed by atoms with Gasteiger partial charge < -0.3 is 25.6 Å². The highest BCUT2D eigenvalue weighted by atomic mass is 35.5. The molecule has 0 aromatic rings. The van der Waals surface area contributed by atoms with Crippen LogP contribution in [0.25, 0.3) is 0 Å². The first-order chi connectivity index (χ1) is 17.3. The number of ether oxygens (including phenoxy) is 1. The second-order valence-corrected chi connectivity index (χ2v) is 13.4. The van der Waals surface area contributed by atoms with Crippen LogP contribution in [-0.4, -0.2) is 97.0 Å². The highest BCUT2D eigenvalue weighted by Crippen LogP contribution is 2.38. The second kappa shape index (κ2) is 11.6. The fraction of sp³-hybridized carbons (Fsp3) is 0.920. The molecule has 0 aromatic carbocycles. The lowest BCUT2D eigenvalue weighted by Gasteiger charge is -2.45. The minimum Gasteiger partial charge on any atom is -0.380 e. The van der Waals surface area contributed by atoms with E-state index < -0.39 is 0 Å². The van der Waals surface area contributed by atoms with Gasteiger partial charge in [0.1, 0.15) is 5.50 Å². The molecule has 11 atom stereocenters. The third-order valence-corrected chi connectivity index (χ3v) is 10.7. The number of nitrogens with zero attached hydrogens (tertiary/aromatic N) is 1. The Hall–Kier alpha value is -0.620. The lowest BCUT2D eigenvalue weighted by atomic mass is 9.70. The van der Waals surface area contributed by atoms with Crippen LogP contribution in [0.2, 0.25) is 0 Å². The molecule has 0 aromatic heterocycles. The first-order valence-electron chi connectivity index (χ1n) is 13.7. The summed E-state index contributed by atoms with van der Waals surface area (Å²) in [5.74, 6) is 0.894. The first kappa shape index (κ1) is 27.0. The summed E-state index contributed by atoms with van der Waals surface area (Å²) >= 11 is 8.23. The molecule has 5 fully saturated rings. The highest BCUT2D eigenvalue weighted by Gasteiger charge is 2.47. The third-order valence-electron chi connectivity index (χ3n) is 9.02. The van der Waals surface area contributed by atoms with Crippen molar-refractivity contribution >= 4 is 35.2 Å². The van der Waals surface area contributed by atoms with Crippen LogP contribution in [0.15, 0.2) is 0 Å². The van der Waals surface area contributed by atoms with Crippen LogP contribution in [0.5, 0.6) is 0 Å². The normalized spacial score (nSPS) is 45.3. The topological polar surface area (TPSA) is 107 Å². The van der Waals surface area contributed by atoms with Crippen molar-refractivity contribution in [3.63, 3.8) is 0 Å². The van der Waals surface area contributed by atoms with Gasteiger partial charge in [0.2, 0.25) is 11.8 Å². The third kappa shape index (κ3) is 5.84. The van der Waals surface area contributed by atoms with Crippen LogP contribution in [-0.2, 0) is 14.3 Å². The lowest BCUT2D eigenvalue weighted by Crippen LogP contribution is -2.57.